The van der Waals surface area contributed by atoms with E-state index < -0.39 is 12.1 Å². The Labute approximate surface area is 113 Å². The minimum absolute atomic E-state index is 0.0641. The number of carboxylic acids is 1. The predicted octanol–water partition coefficient (Wildman–Crippen LogP) is 1.71. The van der Waals surface area contributed by atoms with Gasteiger partial charge >= 0.3 is 5.97 Å². The van der Waals surface area contributed by atoms with E-state index in [1.165, 1.54) is 25.7 Å². The highest BCUT2D eigenvalue weighted by atomic mass is 16.5. The minimum Gasteiger partial charge on any atom is -0.479 e. The summed E-state index contributed by atoms with van der Waals surface area (Å²) in [5, 5.41) is 11.7. The lowest BCUT2D eigenvalue weighted by atomic mass is 10.0. The first-order valence-corrected chi connectivity index (χ1v) is 7.30. The van der Waals surface area contributed by atoms with Crippen molar-refractivity contribution in [1.82, 2.24) is 5.32 Å². The van der Waals surface area contributed by atoms with Crippen molar-refractivity contribution in [2.24, 2.45) is 5.92 Å². The second-order valence-corrected chi connectivity index (χ2v) is 5.66. The molecule has 1 amide bonds. The third-order valence-corrected chi connectivity index (χ3v) is 4.16. The van der Waals surface area contributed by atoms with Gasteiger partial charge in [-0.15, -0.1) is 0 Å². The van der Waals surface area contributed by atoms with E-state index in [4.69, 9.17) is 9.84 Å². The van der Waals surface area contributed by atoms with Gasteiger partial charge in [0.25, 0.3) is 0 Å². The Morgan fingerprint density at radius 1 is 1.16 bits per heavy atom. The van der Waals surface area contributed by atoms with Gasteiger partial charge < -0.3 is 15.2 Å². The van der Waals surface area contributed by atoms with Crippen LogP contribution in [-0.4, -0.2) is 35.7 Å². The Morgan fingerprint density at radius 2 is 1.89 bits per heavy atom. The van der Waals surface area contributed by atoms with Gasteiger partial charge in [-0.2, -0.15) is 0 Å². The van der Waals surface area contributed by atoms with Crippen molar-refractivity contribution in [2.75, 3.05) is 6.54 Å². The largest absolute Gasteiger partial charge is 0.479 e. The van der Waals surface area contributed by atoms with Gasteiger partial charge in [-0.3, -0.25) is 4.79 Å². The minimum atomic E-state index is -0.907. The zero-order valence-electron chi connectivity index (χ0n) is 11.3. The molecule has 2 aliphatic rings. The van der Waals surface area contributed by atoms with Crippen LogP contribution in [0.3, 0.4) is 0 Å². The fourth-order valence-electron chi connectivity index (χ4n) is 2.99. The molecule has 0 spiro atoms. The lowest BCUT2D eigenvalue weighted by Crippen LogP contribution is -2.33. The van der Waals surface area contributed by atoms with Crippen LogP contribution in [0.5, 0.6) is 0 Å². The lowest BCUT2D eigenvalue weighted by molar-refractivity contribution is -0.149. The molecular formula is C14H23NO4. The Morgan fingerprint density at radius 3 is 2.53 bits per heavy atom. The van der Waals surface area contributed by atoms with Crippen molar-refractivity contribution in [3.05, 3.63) is 0 Å². The summed E-state index contributed by atoms with van der Waals surface area (Å²) in [4.78, 5) is 22.4. The first kappa shape index (κ1) is 14.3. The highest BCUT2D eigenvalue weighted by Gasteiger charge is 2.30. The maximum atomic E-state index is 11.7. The van der Waals surface area contributed by atoms with Crippen LogP contribution < -0.4 is 5.32 Å². The van der Waals surface area contributed by atoms with Crippen LogP contribution in [0.25, 0.3) is 0 Å². The number of ether oxygens (including phenoxy) is 1. The molecule has 5 heteroatoms. The lowest BCUT2D eigenvalue weighted by Gasteiger charge is -2.13. The first-order chi connectivity index (χ1) is 9.15. The molecule has 0 aromatic carbocycles. The molecule has 2 fully saturated rings. The summed E-state index contributed by atoms with van der Waals surface area (Å²) < 4.78 is 5.34. The topological polar surface area (TPSA) is 75.6 Å². The van der Waals surface area contributed by atoms with E-state index in [1.54, 1.807) is 0 Å². The van der Waals surface area contributed by atoms with Crippen molar-refractivity contribution >= 4 is 11.9 Å². The number of nitrogens with one attached hydrogen (secondary N) is 1. The molecule has 108 valence electrons. The number of carboxylic acid groups (broad SMARTS) is 1. The van der Waals surface area contributed by atoms with E-state index in [2.05, 4.69) is 5.32 Å². The van der Waals surface area contributed by atoms with Crippen molar-refractivity contribution in [3.63, 3.8) is 0 Å². The summed E-state index contributed by atoms with van der Waals surface area (Å²) in [5.41, 5.74) is 0. The van der Waals surface area contributed by atoms with Gasteiger partial charge in [-0.1, -0.05) is 25.7 Å². The smallest absolute Gasteiger partial charge is 0.332 e. The van der Waals surface area contributed by atoms with Crippen molar-refractivity contribution in [1.29, 1.82) is 0 Å². The Bertz CT molecular complexity index is 325. The molecular weight excluding hydrogens is 246 g/mol. The third kappa shape index (κ3) is 4.49. The van der Waals surface area contributed by atoms with Crippen LogP contribution in [-0.2, 0) is 14.3 Å². The average molecular weight is 269 g/mol. The first-order valence-electron chi connectivity index (χ1n) is 7.30. The van der Waals surface area contributed by atoms with Gasteiger partial charge in [0, 0.05) is 13.0 Å². The maximum absolute atomic E-state index is 11.7. The summed E-state index contributed by atoms with van der Waals surface area (Å²) in [7, 11) is 0. The summed E-state index contributed by atoms with van der Waals surface area (Å²) in [6.07, 6.45) is 7.11. The van der Waals surface area contributed by atoms with Gasteiger partial charge in [-0.25, -0.2) is 4.79 Å². The Hall–Kier alpha value is -1.10. The molecule has 1 saturated carbocycles. The van der Waals surface area contributed by atoms with Gasteiger partial charge in [0.2, 0.25) is 5.91 Å². The molecule has 5 nitrogen and oxygen atoms in total. The number of hydrogen-bond acceptors (Lipinski definition) is 3. The van der Waals surface area contributed by atoms with E-state index in [9.17, 15) is 9.59 Å². The number of amides is 1. The zero-order chi connectivity index (χ0) is 13.7. The van der Waals surface area contributed by atoms with Crippen LogP contribution >= 0.6 is 0 Å². The van der Waals surface area contributed by atoms with Crippen LogP contribution in [0.4, 0.5) is 0 Å². The highest BCUT2D eigenvalue weighted by molar-refractivity contribution is 5.76. The Balaban J connectivity index is 1.57. The normalized spacial score (nSPS) is 27.6. The fourth-order valence-corrected chi connectivity index (χ4v) is 2.99. The predicted molar refractivity (Wildman–Crippen MR) is 69.7 cm³/mol. The second-order valence-electron chi connectivity index (χ2n) is 5.66. The quantitative estimate of drug-likeness (QED) is 0.769. The SMILES string of the molecule is O=C(CCC1CCCC1)NCC1CCC(C(=O)O)O1. The summed E-state index contributed by atoms with van der Waals surface area (Å²) in [6, 6.07) is 0. The van der Waals surface area contributed by atoms with Crippen LogP contribution in [0, 0.1) is 5.92 Å². The molecule has 0 aromatic rings. The molecule has 1 aliphatic carbocycles. The van der Waals surface area contributed by atoms with Crippen LogP contribution in [0.15, 0.2) is 0 Å². The van der Waals surface area contributed by atoms with Gasteiger partial charge in [0.05, 0.1) is 6.10 Å². The molecule has 1 saturated heterocycles. The van der Waals surface area contributed by atoms with E-state index >= 15 is 0 Å². The molecule has 2 N–H and O–H groups in total. The number of rotatable bonds is 6. The number of hydrogen-bond donors (Lipinski definition) is 2. The van der Waals surface area contributed by atoms with Crippen LogP contribution in [0.1, 0.15) is 51.4 Å². The van der Waals surface area contributed by atoms with E-state index in [0.717, 1.165) is 12.3 Å². The van der Waals surface area contributed by atoms with E-state index in [0.29, 0.717) is 25.8 Å². The van der Waals surface area contributed by atoms with Gasteiger partial charge in [0.15, 0.2) is 6.10 Å². The molecule has 0 bridgehead atoms. The monoisotopic (exact) mass is 269 g/mol. The van der Waals surface area contributed by atoms with Crippen molar-refractivity contribution in [3.8, 4) is 0 Å². The standard InChI is InChI=1S/C14H23NO4/c16-13(8-5-10-3-1-2-4-10)15-9-11-6-7-12(19-11)14(17)18/h10-12H,1-9H2,(H,15,16)(H,17,18). The molecule has 0 radical (unpaired) electrons. The number of carbonyl (C=O) groups is 2. The van der Waals surface area contributed by atoms with Gasteiger partial charge in [0.1, 0.15) is 0 Å². The molecule has 2 rings (SSSR count). The molecule has 1 heterocycles. The molecule has 2 unspecified atom stereocenters. The van der Waals surface area contributed by atoms with E-state index in [-0.39, 0.29) is 12.0 Å². The fraction of sp³-hybridized carbons (Fsp3) is 0.857. The van der Waals surface area contributed by atoms with Crippen molar-refractivity contribution < 1.29 is 19.4 Å². The third-order valence-electron chi connectivity index (χ3n) is 4.16. The summed E-state index contributed by atoms with van der Waals surface area (Å²) >= 11 is 0. The number of carbonyl (C=O) groups excluding carboxylic acids is 1. The maximum Gasteiger partial charge on any atom is 0.332 e. The average Bonchev–Trinajstić information content (AvgIpc) is 3.05. The molecule has 19 heavy (non-hydrogen) atoms. The van der Waals surface area contributed by atoms with E-state index in [1.807, 2.05) is 0 Å². The number of aliphatic carboxylic acids is 1. The summed E-state index contributed by atoms with van der Waals surface area (Å²) in [6.45, 7) is 0.438. The molecule has 1 aliphatic heterocycles. The zero-order valence-corrected chi connectivity index (χ0v) is 11.3. The second kappa shape index (κ2) is 6.89. The summed E-state index contributed by atoms with van der Waals surface area (Å²) in [5.74, 6) is -0.116. The highest BCUT2D eigenvalue weighted by Crippen LogP contribution is 2.28. The van der Waals surface area contributed by atoms with Gasteiger partial charge in [-0.05, 0) is 25.2 Å². The molecule has 2 atom stereocenters. The Kier molecular flexibility index (Phi) is 5.19. The van der Waals surface area contributed by atoms with Crippen LogP contribution in [0.2, 0.25) is 0 Å². The molecule has 0 aromatic heterocycles. The van der Waals surface area contributed by atoms with Crippen molar-refractivity contribution in [2.45, 2.75) is 63.6 Å².